The van der Waals surface area contributed by atoms with Gasteiger partial charge in [-0.15, -0.1) is 13.2 Å². The molecule has 1 aliphatic rings. The van der Waals surface area contributed by atoms with Gasteiger partial charge in [-0.1, -0.05) is 0 Å². The molecule has 1 aliphatic carbocycles. The van der Waals surface area contributed by atoms with Crippen LogP contribution in [0, 0.1) is 5.92 Å². The number of aliphatic carboxylic acids is 1. The third-order valence-corrected chi connectivity index (χ3v) is 3.72. The van der Waals surface area contributed by atoms with Gasteiger partial charge in [0.1, 0.15) is 11.8 Å². The number of nitrogens with one attached hydrogen (secondary N) is 1. The molecule has 0 spiro atoms. The fourth-order valence-corrected chi connectivity index (χ4v) is 2.21. The number of rotatable bonds is 5. The number of carbonyl (C=O) groups excluding carboxylic acids is 1. The number of hydrogen-bond donors (Lipinski definition) is 2. The molecule has 0 aromatic heterocycles. The summed E-state index contributed by atoms with van der Waals surface area (Å²) in [5, 5.41) is 11.3. The third-order valence-electron chi connectivity index (χ3n) is 3.07. The standard InChI is InChI=1S/C13H11BrF3NO4/c14-8-4-3-7(5-9(8)22-13(15,16)17)11(19)18-10(12(20)21)6-1-2-6/h3-6,10H,1-2H2,(H,18,19)(H,20,21). The second kappa shape index (κ2) is 6.15. The Labute approximate surface area is 131 Å². The summed E-state index contributed by atoms with van der Waals surface area (Å²) >= 11 is 2.89. The maximum Gasteiger partial charge on any atom is 0.573 e. The Morgan fingerprint density at radius 3 is 2.50 bits per heavy atom. The molecule has 1 unspecified atom stereocenters. The molecule has 1 aromatic carbocycles. The van der Waals surface area contributed by atoms with Crippen molar-refractivity contribution in [2.75, 3.05) is 0 Å². The maximum absolute atomic E-state index is 12.3. The van der Waals surface area contributed by atoms with E-state index >= 15 is 0 Å². The predicted octanol–water partition coefficient (Wildman–Crippen LogP) is 2.94. The van der Waals surface area contributed by atoms with E-state index in [1.807, 2.05) is 0 Å². The van der Waals surface area contributed by atoms with Crippen LogP contribution in [0.15, 0.2) is 22.7 Å². The van der Waals surface area contributed by atoms with Crippen molar-refractivity contribution < 1.29 is 32.6 Å². The number of alkyl halides is 3. The third kappa shape index (κ3) is 4.36. The van der Waals surface area contributed by atoms with Gasteiger partial charge in [0.05, 0.1) is 4.47 Å². The van der Waals surface area contributed by atoms with Crippen LogP contribution in [0.4, 0.5) is 13.2 Å². The largest absolute Gasteiger partial charge is 0.573 e. The highest BCUT2D eigenvalue weighted by atomic mass is 79.9. The first-order valence-corrected chi connectivity index (χ1v) is 7.05. The van der Waals surface area contributed by atoms with Crippen LogP contribution < -0.4 is 10.1 Å². The van der Waals surface area contributed by atoms with Crippen molar-refractivity contribution in [1.29, 1.82) is 0 Å². The molecule has 0 heterocycles. The van der Waals surface area contributed by atoms with Gasteiger partial charge in [-0.3, -0.25) is 4.79 Å². The average Bonchev–Trinajstić information content (AvgIpc) is 3.20. The molecular weight excluding hydrogens is 371 g/mol. The van der Waals surface area contributed by atoms with Crippen molar-refractivity contribution in [2.45, 2.75) is 25.2 Å². The number of hydrogen-bond acceptors (Lipinski definition) is 3. The van der Waals surface area contributed by atoms with Gasteiger partial charge < -0.3 is 15.2 Å². The van der Waals surface area contributed by atoms with Gasteiger partial charge in [0.15, 0.2) is 0 Å². The van der Waals surface area contributed by atoms with Gasteiger partial charge in [-0.05, 0) is 52.9 Å². The summed E-state index contributed by atoms with van der Waals surface area (Å²) in [7, 11) is 0. The van der Waals surface area contributed by atoms with Crippen LogP contribution >= 0.6 is 15.9 Å². The summed E-state index contributed by atoms with van der Waals surface area (Å²) < 4.78 is 40.6. The topological polar surface area (TPSA) is 75.6 Å². The van der Waals surface area contributed by atoms with E-state index in [-0.39, 0.29) is 16.0 Å². The van der Waals surface area contributed by atoms with E-state index in [1.54, 1.807) is 0 Å². The molecule has 1 aromatic rings. The molecule has 9 heteroatoms. The zero-order chi connectivity index (χ0) is 16.5. The second-order valence-corrected chi connectivity index (χ2v) is 5.67. The van der Waals surface area contributed by atoms with Gasteiger partial charge in [0, 0.05) is 5.56 Å². The molecule has 0 radical (unpaired) electrons. The minimum atomic E-state index is -4.89. The van der Waals surface area contributed by atoms with Crippen LogP contribution in [0.1, 0.15) is 23.2 Å². The second-order valence-electron chi connectivity index (χ2n) is 4.82. The van der Waals surface area contributed by atoms with E-state index in [0.717, 1.165) is 6.07 Å². The lowest BCUT2D eigenvalue weighted by Crippen LogP contribution is -2.42. The van der Waals surface area contributed by atoms with Gasteiger partial charge in [0.2, 0.25) is 0 Å². The predicted molar refractivity (Wildman–Crippen MR) is 72.4 cm³/mol. The highest BCUT2D eigenvalue weighted by molar-refractivity contribution is 9.10. The molecule has 120 valence electrons. The number of carboxylic acid groups (broad SMARTS) is 1. The monoisotopic (exact) mass is 381 g/mol. The van der Waals surface area contributed by atoms with Crippen molar-refractivity contribution in [3.05, 3.63) is 28.2 Å². The number of benzene rings is 1. The number of halogens is 4. The zero-order valence-corrected chi connectivity index (χ0v) is 12.6. The van der Waals surface area contributed by atoms with E-state index in [1.165, 1.54) is 12.1 Å². The molecule has 1 atom stereocenters. The number of ether oxygens (including phenoxy) is 1. The molecule has 0 aliphatic heterocycles. The number of carboxylic acids is 1. The zero-order valence-electron chi connectivity index (χ0n) is 11.0. The highest BCUT2D eigenvalue weighted by Gasteiger charge is 2.37. The van der Waals surface area contributed by atoms with Crippen LogP contribution in [0.2, 0.25) is 0 Å². The van der Waals surface area contributed by atoms with Crippen molar-refractivity contribution in [1.82, 2.24) is 5.32 Å². The van der Waals surface area contributed by atoms with E-state index in [4.69, 9.17) is 5.11 Å². The molecule has 0 bridgehead atoms. The highest BCUT2D eigenvalue weighted by Crippen LogP contribution is 2.34. The number of carbonyl (C=O) groups is 2. The van der Waals surface area contributed by atoms with Crippen LogP contribution in [0.3, 0.4) is 0 Å². The van der Waals surface area contributed by atoms with E-state index < -0.39 is 30.0 Å². The summed E-state index contributed by atoms with van der Waals surface area (Å²) in [5.41, 5.74) is -0.116. The quantitative estimate of drug-likeness (QED) is 0.821. The summed E-state index contributed by atoms with van der Waals surface area (Å²) in [6.07, 6.45) is -3.50. The lowest BCUT2D eigenvalue weighted by molar-refractivity contribution is -0.274. The summed E-state index contributed by atoms with van der Waals surface area (Å²) in [6.45, 7) is 0. The molecular formula is C13H11BrF3NO4. The van der Waals surface area contributed by atoms with E-state index in [9.17, 15) is 22.8 Å². The first-order chi connectivity index (χ1) is 10.2. The fourth-order valence-electron chi connectivity index (χ4n) is 1.88. The van der Waals surface area contributed by atoms with Crippen LogP contribution in [-0.4, -0.2) is 29.4 Å². The van der Waals surface area contributed by atoms with Crippen molar-refractivity contribution in [3.8, 4) is 5.75 Å². The first-order valence-electron chi connectivity index (χ1n) is 6.26. The first kappa shape index (κ1) is 16.6. The molecule has 22 heavy (non-hydrogen) atoms. The molecule has 2 N–H and O–H groups in total. The Morgan fingerprint density at radius 1 is 1.36 bits per heavy atom. The Morgan fingerprint density at radius 2 is 2.00 bits per heavy atom. The Hall–Kier alpha value is -1.77. The smallest absolute Gasteiger partial charge is 0.480 e. The SMILES string of the molecule is O=C(NC(C(=O)O)C1CC1)c1ccc(Br)c(OC(F)(F)F)c1. The van der Waals surface area contributed by atoms with E-state index in [0.29, 0.717) is 12.8 Å². The molecule has 2 rings (SSSR count). The minimum Gasteiger partial charge on any atom is -0.480 e. The molecule has 1 amide bonds. The van der Waals surface area contributed by atoms with Crippen LogP contribution in [-0.2, 0) is 4.79 Å². The fraction of sp³-hybridized carbons (Fsp3) is 0.385. The molecule has 1 saturated carbocycles. The maximum atomic E-state index is 12.3. The van der Waals surface area contributed by atoms with Crippen molar-refractivity contribution in [3.63, 3.8) is 0 Å². The summed E-state index contributed by atoms with van der Waals surface area (Å²) in [4.78, 5) is 23.1. The van der Waals surface area contributed by atoms with E-state index in [2.05, 4.69) is 26.0 Å². The van der Waals surface area contributed by atoms with Gasteiger partial charge in [-0.25, -0.2) is 4.79 Å². The van der Waals surface area contributed by atoms with Crippen molar-refractivity contribution >= 4 is 27.8 Å². The molecule has 0 saturated heterocycles. The summed E-state index contributed by atoms with van der Waals surface area (Å²) in [5.74, 6) is -2.64. The van der Waals surface area contributed by atoms with Crippen LogP contribution in [0.5, 0.6) is 5.75 Å². The van der Waals surface area contributed by atoms with Crippen LogP contribution in [0.25, 0.3) is 0 Å². The van der Waals surface area contributed by atoms with Gasteiger partial charge in [0.25, 0.3) is 5.91 Å². The van der Waals surface area contributed by atoms with Gasteiger partial charge in [-0.2, -0.15) is 0 Å². The Balaban J connectivity index is 2.15. The van der Waals surface area contributed by atoms with Gasteiger partial charge >= 0.3 is 12.3 Å². The molecule has 1 fully saturated rings. The normalized spacial score (nSPS) is 16.0. The Bertz CT molecular complexity index is 601. The summed E-state index contributed by atoms with van der Waals surface area (Å²) in [6, 6.07) is 2.36. The minimum absolute atomic E-state index is 0.0263. The van der Waals surface area contributed by atoms with Crippen molar-refractivity contribution in [2.24, 2.45) is 5.92 Å². The molecule has 5 nitrogen and oxygen atoms in total. The lowest BCUT2D eigenvalue weighted by Gasteiger charge is -2.15. The average molecular weight is 382 g/mol. The Kier molecular flexibility index (Phi) is 4.64. The lowest BCUT2D eigenvalue weighted by atomic mass is 10.1. The number of amides is 1.